The fourth-order valence-corrected chi connectivity index (χ4v) is 3.20. The number of amides is 3. The minimum absolute atomic E-state index is 0.194. The first-order chi connectivity index (χ1) is 11.9. The zero-order chi connectivity index (χ0) is 17.6. The molecule has 1 N–H and O–H groups in total. The zero-order valence-corrected chi connectivity index (χ0v) is 14.1. The van der Waals surface area contributed by atoms with Gasteiger partial charge in [-0.3, -0.25) is 4.79 Å². The van der Waals surface area contributed by atoms with Crippen LogP contribution in [-0.4, -0.2) is 27.4 Å². The maximum absolute atomic E-state index is 12.4. The van der Waals surface area contributed by atoms with E-state index in [0.29, 0.717) is 5.75 Å². The number of carbonyl (C=O) groups is 2. The third kappa shape index (κ3) is 2.71. The lowest BCUT2D eigenvalue weighted by molar-refractivity contribution is -0.121. The predicted molar refractivity (Wildman–Crippen MR) is 90.7 cm³/mol. The molecule has 128 valence electrons. The molecule has 1 fully saturated rings. The van der Waals surface area contributed by atoms with Crippen molar-refractivity contribution in [2.24, 2.45) is 0 Å². The smallest absolute Gasteiger partial charge is 0.330 e. The van der Waals surface area contributed by atoms with Gasteiger partial charge in [0.1, 0.15) is 17.6 Å². The number of carbonyl (C=O) groups excluding carboxylic acids is 2. The molecule has 4 rings (SSSR count). The summed E-state index contributed by atoms with van der Waals surface area (Å²) in [5.41, 5.74) is 1.70. The van der Waals surface area contributed by atoms with Crippen LogP contribution in [0.2, 0.25) is 0 Å². The fraction of sp³-hybridized carbons (Fsp3) is 0.333. The lowest BCUT2D eigenvalue weighted by atomic mass is 10.1. The second-order valence-electron chi connectivity index (χ2n) is 6.80. The van der Waals surface area contributed by atoms with Gasteiger partial charge in [0.25, 0.3) is 5.91 Å². The maximum atomic E-state index is 12.4. The molecule has 2 aliphatic rings. The van der Waals surface area contributed by atoms with Gasteiger partial charge in [-0.05, 0) is 56.4 Å². The van der Waals surface area contributed by atoms with E-state index < -0.39 is 11.6 Å². The van der Waals surface area contributed by atoms with Crippen molar-refractivity contribution in [1.82, 2.24) is 15.3 Å². The summed E-state index contributed by atoms with van der Waals surface area (Å²) in [7, 11) is 0. The van der Waals surface area contributed by atoms with Gasteiger partial charge in [-0.25, -0.2) is 19.7 Å². The average molecular weight is 338 g/mol. The Morgan fingerprint density at radius 2 is 1.92 bits per heavy atom. The molecule has 1 aromatic carbocycles. The largest absolute Gasteiger partial charge is 0.439 e. The second-order valence-corrected chi connectivity index (χ2v) is 6.80. The predicted octanol–water partition coefficient (Wildman–Crippen LogP) is 2.59. The monoisotopic (exact) mass is 338 g/mol. The van der Waals surface area contributed by atoms with Crippen molar-refractivity contribution < 1.29 is 14.3 Å². The van der Waals surface area contributed by atoms with Crippen LogP contribution in [0.5, 0.6) is 11.6 Å². The summed E-state index contributed by atoms with van der Waals surface area (Å²) in [6, 6.07) is 6.98. The highest BCUT2D eigenvalue weighted by molar-refractivity contribution is 6.22. The number of urea groups is 1. The van der Waals surface area contributed by atoms with Crippen LogP contribution in [0, 0.1) is 0 Å². The maximum Gasteiger partial charge on any atom is 0.330 e. The van der Waals surface area contributed by atoms with E-state index in [1.54, 1.807) is 13.8 Å². The van der Waals surface area contributed by atoms with E-state index in [1.165, 1.54) is 29.9 Å². The van der Waals surface area contributed by atoms with Gasteiger partial charge in [-0.1, -0.05) is 6.07 Å². The zero-order valence-electron chi connectivity index (χ0n) is 14.1. The molecule has 1 aliphatic carbocycles. The van der Waals surface area contributed by atoms with Gasteiger partial charge in [0.15, 0.2) is 5.82 Å². The SMILES string of the molecule is CC1(C)NC(=O)N(c2cc(Oc3ccc4c(c3)CCC4)ncn2)C1=O. The number of rotatable bonds is 3. The number of imide groups is 1. The van der Waals surface area contributed by atoms with Crippen LogP contribution < -0.4 is 15.0 Å². The summed E-state index contributed by atoms with van der Waals surface area (Å²) < 4.78 is 5.81. The molecule has 0 atom stereocenters. The number of benzene rings is 1. The standard InChI is InChI=1S/C18H18N4O3/c1-18(2)16(23)22(17(24)21-18)14-9-15(20-10-19-14)25-13-7-6-11-4-3-5-12(11)8-13/h6-10H,3-5H2,1-2H3,(H,21,24). The number of anilines is 1. The number of hydrogen-bond donors (Lipinski definition) is 1. The molecule has 25 heavy (non-hydrogen) atoms. The Labute approximate surface area is 145 Å². The first kappa shape index (κ1) is 15.6. The molecule has 0 saturated carbocycles. The van der Waals surface area contributed by atoms with Crippen LogP contribution in [0.4, 0.5) is 10.6 Å². The van der Waals surface area contributed by atoms with Crippen molar-refractivity contribution in [3.8, 4) is 11.6 Å². The molecule has 3 amide bonds. The summed E-state index contributed by atoms with van der Waals surface area (Å²) in [5, 5.41) is 2.63. The van der Waals surface area contributed by atoms with Crippen LogP contribution in [0.3, 0.4) is 0 Å². The van der Waals surface area contributed by atoms with Crippen LogP contribution in [0.25, 0.3) is 0 Å². The summed E-state index contributed by atoms with van der Waals surface area (Å²) >= 11 is 0. The number of hydrogen-bond acceptors (Lipinski definition) is 5. The molecule has 2 heterocycles. The molecule has 1 aliphatic heterocycles. The second kappa shape index (κ2) is 5.54. The Bertz CT molecular complexity index is 878. The van der Waals surface area contributed by atoms with Crippen molar-refractivity contribution in [2.75, 3.05) is 4.90 Å². The number of nitrogens with one attached hydrogen (secondary N) is 1. The van der Waals surface area contributed by atoms with Gasteiger partial charge >= 0.3 is 6.03 Å². The number of ether oxygens (including phenoxy) is 1. The van der Waals surface area contributed by atoms with Crippen LogP contribution in [0.15, 0.2) is 30.6 Å². The molecular formula is C18H18N4O3. The lowest BCUT2D eigenvalue weighted by Gasteiger charge is -2.15. The first-order valence-electron chi connectivity index (χ1n) is 8.22. The summed E-state index contributed by atoms with van der Waals surface area (Å²) in [6.45, 7) is 3.30. The molecule has 1 saturated heterocycles. The van der Waals surface area contributed by atoms with Gasteiger partial charge in [0.2, 0.25) is 5.88 Å². The first-order valence-corrected chi connectivity index (χ1v) is 8.22. The normalized spacial score (nSPS) is 18.2. The molecule has 0 bridgehead atoms. The van der Waals surface area contributed by atoms with E-state index in [1.807, 2.05) is 12.1 Å². The van der Waals surface area contributed by atoms with Gasteiger partial charge in [-0.2, -0.15) is 0 Å². The Balaban J connectivity index is 1.60. The molecule has 2 aromatic rings. The van der Waals surface area contributed by atoms with Gasteiger partial charge in [-0.15, -0.1) is 0 Å². The Morgan fingerprint density at radius 1 is 1.12 bits per heavy atom. The van der Waals surface area contributed by atoms with Crippen molar-refractivity contribution in [1.29, 1.82) is 0 Å². The molecule has 0 radical (unpaired) electrons. The minimum Gasteiger partial charge on any atom is -0.439 e. The number of aryl methyl sites for hydroxylation is 2. The van der Waals surface area contributed by atoms with Gasteiger partial charge in [0, 0.05) is 6.07 Å². The molecule has 0 unspecified atom stereocenters. The quantitative estimate of drug-likeness (QED) is 0.870. The lowest BCUT2D eigenvalue weighted by Crippen LogP contribution is -2.40. The minimum atomic E-state index is -0.955. The third-order valence-corrected chi connectivity index (χ3v) is 4.51. The van der Waals surface area contributed by atoms with E-state index >= 15 is 0 Å². The van der Waals surface area contributed by atoms with E-state index in [4.69, 9.17) is 4.74 Å². The Hall–Kier alpha value is -2.96. The molecular weight excluding hydrogens is 320 g/mol. The topological polar surface area (TPSA) is 84.4 Å². The van der Waals surface area contributed by atoms with E-state index in [2.05, 4.69) is 21.4 Å². The molecule has 7 nitrogen and oxygen atoms in total. The highest BCUT2D eigenvalue weighted by Gasteiger charge is 2.45. The number of nitrogens with zero attached hydrogens (tertiary/aromatic N) is 3. The molecule has 0 spiro atoms. The highest BCUT2D eigenvalue weighted by atomic mass is 16.5. The number of fused-ring (bicyclic) bond motifs is 1. The fourth-order valence-electron chi connectivity index (χ4n) is 3.20. The van der Waals surface area contributed by atoms with Crippen molar-refractivity contribution in [2.45, 2.75) is 38.6 Å². The van der Waals surface area contributed by atoms with Crippen molar-refractivity contribution in [3.05, 3.63) is 41.7 Å². The Kier molecular flexibility index (Phi) is 3.45. The van der Waals surface area contributed by atoms with Gasteiger partial charge in [0.05, 0.1) is 0 Å². The average Bonchev–Trinajstić information content (AvgIpc) is 3.09. The highest BCUT2D eigenvalue weighted by Crippen LogP contribution is 2.30. The number of aromatic nitrogens is 2. The van der Waals surface area contributed by atoms with E-state index in [0.717, 1.165) is 17.7 Å². The Morgan fingerprint density at radius 3 is 2.68 bits per heavy atom. The van der Waals surface area contributed by atoms with Crippen LogP contribution in [0.1, 0.15) is 31.4 Å². The van der Waals surface area contributed by atoms with E-state index in [-0.39, 0.29) is 17.6 Å². The summed E-state index contributed by atoms with van der Waals surface area (Å²) in [5.74, 6) is 0.801. The van der Waals surface area contributed by atoms with Crippen molar-refractivity contribution >= 4 is 17.8 Å². The van der Waals surface area contributed by atoms with Crippen LogP contribution in [-0.2, 0) is 17.6 Å². The molecule has 1 aromatic heterocycles. The van der Waals surface area contributed by atoms with Crippen molar-refractivity contribution in [3.63, 3.8) is 0 Å². The molecule has 7 heteroatoms. The third-order valence-electron chi connectivity index (χ3n) is 4.51. The van der Waals surface area contributed by atoms with Crippen LogP contribution >= 0.6 is 0 Å². The van der Waals surface area contributed by atoms with E-state index in [9.17, 15) is 9.59 Å². The summed E-state index contributed by atoms with van der Waals surface area (Å²) in [4.78, 5) is 33.6. The summed E-state index contributed by atoms with van der Waals surface area (Å²) in [6.07, 6.45) is 4.61. The van der Waals surface area contributed by atoms with Gasteiger partial charge < -0.3 is 10.1 Å².